The Kier molecular flexibility index (Phi) is 12.0. The van der Waals surface area contributed by atoms with Crippen LogP contribution < -0.4 is 0 Å². The van der Waals surface area contributed by atoms with Crippen molar-refractivity contribution in [2.75, 3.05) is 52.9 Å². The molecule has 37 heavy (non-hydrogen) atoms. The zero-order chi connectivity index (χ0) is 26.2. The molecule has 0 spiro atoms. The molecule has 0 unspecified atom stereocenters. The van der Waals surface area contributed by atoms with Crippen LogP contribution in [0.3, 0.4) is 0 Å². The maximum atomic E-state index is 11.3. The molecular formula is C31H36O6. The Balaban J connectivity index is 1.45. The van der Waals surface area contributed by atoms with Crippen molar-refractivity contribution < 1.29 is 28.5 Å². The van der Waals surface area contributed by atoms with E-state index >= 15 is 0 Å². The van der Waals surface area contributed by atoms with Crippen molar-refractivity contribution in [3.05, 3.63) is 120 Å². The lowest BCUT2D eigenvalue weighted by Gasteiger charge is -2.36. The molecule has 3 rings (SSSR count). The molecule has 196 valence electrons. The van der Waals surface area contributed by atoms with Gasteiger partial charge >= 0.3 is 5.97 Å². The van der Waals surface area contributed by atoms with Crippen molar-refractivity contribution in [1.82, 2.24) is 0 Å². The summed E-state index contributed by atoms with van der Waals surface area (Å²) >= 11 is 0. The van der Waals surface area contributed by atoms with Gasteiger partial charge in [-0.15, -0.1) is 0 Å². The van der Waals surface area contributed by atoms with E-state index in [0.29, 0.717) is 51.8 Å². The lowest BCUT2D eigenvalue weighted by molar-refractivity contribution is -0.140. The van der Waals surface area contributed by atoms with Crippen LogP contribution in [0.2, 0.25) is 0 Å². The Morgan fingerprint density at radius 1 is 0.595 bits per heavy atom. The minimum absolute atomic E-state index is 0.200. The fraction of sp³-hybridized carbons (Fsp3) is 0.323. The molecule has 6 nitrogen and oxygen atoms in total. The fourth-order valence-corrected chi connectivity index (χ4v) is 3.88. The third-order valence-corrected chi connectivity index (χ3v) is 5.64. The van der Waals surface area contributed by atoms with Crippen molar-refractivity contribution in [2.24, 2.45) is 0 Å². The number of rotatable bonds is 17. The van der Waals surface area contributed by atoms with Crippen LogP contribution >= 0.6 is 0 Å². The number of hydrogen-bond acceptors (Lipinski definition) is 6. The molecule has 0 aromatic heterocycles. The Morgan fingerprint density at radius 2 is 0.946 bits per heavy atom. The second kappa shape index (κ2) is 15.7. The van der Waals surface area contributed by atoms with Crippen molar-refractivity contribution >= 4 is 5.97 Å². The number of esters is 1. The van der Waals surface area contributed by atoms with Gasteiger partial charge in [0.1, 0.15) is 12.2 Å². The summed E-state index contributed by atoms with van der Waals surface area (Å²) in [6.45, 7) is 8.26. The molecule has 0 fully saturated rings. The van der Waals surface area contributed by atoms with Crippen molar-refractivity contribution in [3.8, 4) is 0 Å². The molecule has 0 heterocycles. The first kappa shape index (κ1) is 28.3. The summed E-state index contributed by atoms with van der Waals surface area (Å²) in [4.78, 5) is 11.3. The first-order valence-electron chi connectivity index (χ1n) is 12.5. The molecule has 0 aliphatic rings. The molecule has 0 aliphatic carbocycles. The largest absolute Gasteiger partial charge is 0.460 e. The molecule has 3 aromatic rings. The van der Waals surface area contributed by atoms with E-state index in [0.717, 1.165) is 16.7 Å². The van der Waals surface area contributed by atoms with Gasteiger partial charge in [0.15, 0.2) is 0 Å². The first-order valence-corrected chi connectivity index (χ1v) is 12.5. The normalized spacial score (nSPS) is 11.3. The third kappa shape index (κ3) is 8.65. The lowest BCUT2D eigenvalue weighted by Crippen LogP contribution is -2.34. The van der Waals surface area contributed by atoms with Gasteiger partial charge < -0.3 is 23.7 Å². The predicted octanol–water partition coefficient (Wildman–Crippen LogP) is 5.16. The Morgan fingerprint density at radius 3 is 1.32 bits per heavy atom. The minimum atomic E-state index is -0.750. The van der Waals surface area contributed by atoms with E-state index in [1.54, 1.807) is 6.92 Å². The van der Waals surface area contributed by atoms with E-state index in [9.17, 15) is 4.79 Å². The monoisotopic (exact) mass is 504 g/mol. The molecule has 3 aromatic carbocycles. The van der Waals surface area contributed by atoms with Gasteiger partial charge in [-0.25, -0.2) is 4.79 Å². The van der Waals surface area contributed by atoms with E-state index < -0.39 is 11.6 Å². The van der Waals surface area contributed by atoms with Gasteiger partial charge in [-0.3, -0.25) is 0 Å². The highest BCUT2D eigenvalue weighted by molar-refractivity contribution is 5.86. The van der Waals surface area contributed by atoms with Crippen LogP contribution in [-0.4, -0.2) is 58.8 Å². The number of hydrogen-bond donors (Lipinski definition) is 0. The standard InChI is InChI=1S/C31H36O6/c1-26(2)30(32)36-24-22-34-20-18-33-19-21-35-23-25-37-31(27-12-6-3-7-13-27,28-14-8-4-9-15-28)29-16-10-5-11-17-29/h3-17H,1,18-25H2,2H3. The molecule has 0 amide bonds. The fourth-order valence-electron chi connectivity index (χ4n) is 3.88. The number of benzene rings is 3. The highest BCUT2D eigenvalue weighted by Gasteiger charge is 2.37. The highest BCUT2D eigenvalue weighted by atomic mass is 16.6. The van der Waals surface area contributed by atoms with Crippen LogP contribution in [0.1, 0.15) is 23.6 Å². The Labute approximate surface area is 219 Å². The summed E-state index contributed by atoms with van der Waals surface area (Å²) in [7, 11) is 0. The van der Waals surface area contributed by atoms with Gasteiger partial charge in [0, 0.05) is 5.57 Å². The molecule has 0 bridgehead atoms. The summed E-state index contributed by atoms with van der Waals surface area (Å²) < 4.78 is 28.3. The van der Waals surface area contributed by atoms with E-state index in [-0.39, 0.29) is 6.61 Å². The zero-order valence-corrected chi connectivity index (χ0v) is 21.5. The maximum Gasteiger partial charge on any atom is 0.333 e. The van der Waals surface area contributed by atoms with Crippen molar-refractivity contribution in [1.29, 1.82) is 0 Å². The zero-order valence-electron chi connectivity index (χ0n) is 21.5. The molecule has 0 radical (unpaired) electrons. The van der Waals surface area contributed by atoms with Crippen LogP contribution in [-0.2, 0) is 34.1 Å². The maximum absolute atomic E-state index is 11.3. The summed E-state index contributed by atoms with van der Waals surface area (Å²) in [5, 5.41) is 0. The molecule has 6 heteroatoms. The van der Waals surface area contributed by atoms with E-state index in [4.69, 9.17) is 23.7 Å². The topological polar surface area (TPSA) is 63.2 Å². The van der Waals surface area contributed by atoms with Gasteiger partial charge in [-0.05, 0) is 23.6 Å². The summed E-state index contributed by atoms with van der Waals surface area (Å²) in [6, 6.07) is 30.8. The molecular weight excluding hydrogens is 468 g/mol. The average molecular weight is 505 g/mol. The minimum Gasteiger partial charge on any atom is -0.460 e. The van der Waals surface area contributed by atoms with Crippen molar-refractivity contribution in [2.45, 2.75) is 12.5 Å². The van der Waals surface area contributed by atoms with Crippen LogP contribution in [0.15, 0.2) is 103 Å². The third-order valence-electron chi connectivity index (χ3n) is 5.64. The SMILES string of the molecule is C=C(C)C(=O)OCCOCCOCCOCCOC(c1ccccc1)(c1ccccc1)c1ccccc1. The van der Waals surface area contributed by atoms with Gasteiger partial charge in [0.25, 0.3) is 0 Å². The quantitative estimate of drug-likeness (QED) is 0.109. The smallest absolute Gasteiger partial charge is 0.333 e. The summed E-state index contributed by atoms with van der Waals surface area (Å²) in [5.74, 6) is -0.408. The molecule has 0 saturated heterocycles. The number of ether oxygens (including phenoxy) is 5. The predicted molar refractivity (Wildman–Crippen MR) is 143 cm³/mol. The van der Waals surface area contributed by atoms with Crippen LogP contribution in [0.4, 0.5) is 0 Å². The average Bonchev–Trinajstić information content (AvgIpc) is 2.94. The van der Waals surface area contributed by atoms with Crippen molar-refractivity contribution in [3.63, 3.8) is 0 Å². The Hall–Kier alpha value is -3.29. The van der Waals surface area contributed by atoms with Crippen LogP contribution in [0.25, 0.3) is 0 Å². The molecule has 0 aliphatic heterocycles. The van der Waals surface area contributed by atoms with E-state index in [2.05, 4.69) is 43.0 Å². The van der Waals surface area contributed by atoms with E-state index in [1.165, 1.54) is 0 Å². The molecule has 0 N–H and O–H groups in total. The second-order valence-corrected chi connectivity index (χ2v) is 8.38. The van der Waals surface area contributed by atoms with Gasteiger partial charge in [0.2, 0.25) is 0 Å². The molecule has 0 saturated carbocycles. The second-order valence-electron chi connectivity index (χ2n) is 8.38. The van der Waals surface area contributed by atoms with Crippen LogP contribution in [0.5, 0.6) is 0 Å². The Bertz CT molecular complexity index is 956. The lowest BCUT2D eigenvalue weighted by atomic mass is 9.80. The number of carbonyl (C=O) groups excluding carboxylic acids is 1. The summed E-state index contributed by atoms with van der Waals surface area (Å²) in [6.07, 6.45) is 0. The van der Waals surface area contributed by atoms with E-state index in [1.807, 2.05) is 54.6 Å². The van der Waals surface area contributed by atoms with Gasteiger partial charge in [-0.2, -0.15) is 0 Å². The van der Waals surface area contributed by atoms with Gasteiger partial charge in [-0.1, -0.05) is 97.6 Å². The van der Waals surface area contributed by atoms with Gasteiger partial charge in [0.05, 0.1) is 46.2 Å². The number of carbonyl (C=O) groups is 1. The first-order chi connectivity index (χ1) is 18.1. The molecule has 0 atom stereocenters. The van der Waals surface area contributed by atoms with Crippen LogP contribution in [0, 0.1) is 0 Å². The highest BCUT2D eigenvalue weighted by Crippen LogP contribution is 2.40. The summed E-state index contributed by atoms with van der Waals surface area (Å²) in [5.41, 5.74) is 2.81.